The molecule has 0 aliphatic rings. The van der Waals surface area contributed by atoms with Crippen LogP contribution in [0, 0.1) is 0 Å². The van der Waals surface area contributed by atoms with Crippen LogP contribution in [0.15, 0.2) is 66.0 Å². The van der Waals surface area contributed by atoms with E-state index in [4.69, 9.17) is 0 Å². The Kier molecular flexibility index (Phi) is 7.14. The molecule has 144 valence electrons. The fourth-order valence-electron chi connectivity index (χ4n) is 2.51. The molecule has 3 aromatic rings. The van der Waals surface area contributed by atoms with Crippen LogP contribution in [0.2, 0.25) is 0 Å². The number of benzene rings is 2. The lowest BCUT2D eigenvalue weighted by Gasteiger charge is -2.08. The van der Waals surface area contributed by atoms with Gasteiger partial charge < -0.3 is 16.0 Å². The Morgan fingerprint density at radius 2 is 1.57 bits per heavy atom. The zero-order chi connectivity index (χ0) is 19.6. The van der Waals surface area contributed by atoms with Crippen LogP contribution in [0.4, 0.5) is 4.79 Å². The van der Waals surface area contributed by atoms with Crippen molar-refractivity contribution in [3.05, 3.63) is 77.3 Å². The first-order valence-electron chi connectivity index (χ1n) is 9.03. The van der Waals surface area contributed by atoms with Crippen molar-refractivity contribution in [1.29, 1.82) is 0 Å². The minimum absolute atomic E-state index is 0.127. The molecule has 7 heteroatoms. The second kappa shape index (κ2) is 10.2. The number of urea groups is 1. The average Bonchev–Trinajstić information content (AvgIpc) is 3.21. The summed E-state index contributed by atoms with van der Waals surface area (Å²) in [4.78, 5) is 28.2. The van der Waals surface area contributed by atoms with Gasteiger partial charge in [-0.3, -0.25) is 4.79 Å². The Labute approximate surface area is 168 Å². The molecule has 2 aromatic carbocycles. The molecule has 0 aliphatic heterocycles. The third-order valence-electron chi connectivity index (χ3n) is 3.97. The van der Waals surface area contributed by atoms with Gasteiger partial charge in [-0.1, -0.05) is 60.7 Å². The topological polar surface area (TPSA) is 83.1 Å². The lowest BCUT2D eigenvalue weighted by molar-refractivity contribution is -0.121. The zero-order valence-electron chi connectivity index (χ0n) is 15.4. The first kappa shape index (κ1) is 19.6. The van der Waals surface area contributed by atoms with Crippen molar-refractivity contribution in [3.8, 4) is 10.6 Å². The van der Waals surface area contributed by atoms with E-state index in [0.29, 0.717) is 13.1 Å². The minimum Gasteiger partial charge on any atom is -0.350 e. The van der Waals surface area contributed by atoms with Gasteiger partial charge in [-0.2, -0.15) is 0 Å². The van der Waals surface area contributed by atoms with E-state index in [-0.39, 0.29) is 24.9 Å². The lowest BCUT2D eigenvalue weighted by atomic mass is 10.2. The van der Waals surface area contributed by atoms with Gasteiger partial charge in [0.05, 0.1) is 12.2 Å². The Bertz CT molecular complexity index is 897. The summed E-state index contributed by atoms with van der Waals surface area (Å²) in [6.45, 7) is 1.10. The largest absolute Gasteiger partial charge is 0.350 e. The highest BCUT2D eigenvalue weighted by Crippen LogP contribution is 2.23. The van der Waals surface area contributed by atoms with Crippen LogP contribution in [0.3, 0.4) is 0 Å². The molecule has 3 N–H and O–H groups in total. The molecule has 3 rings (SSSR count). The van der Waals surface area contributed by atoms with E-state index < -0.39 is 0 Å². The second-order valence-corrected chi connectivity index (χ2v) is 6.99. The maximum Gasteiger partial charge on any atom is 0.315 e. The fraction of sp³-hybridized carbons (Fsp3) is 0.190. The Hall–Kier alpha value is -3.19. The molecule has 28 heavy (non-hydrogen) atoms. The fourth-order valence-corrected chi connectivity index (χ4v) is 3.34. The average molecular weight is 395 g/mol. The van der Waals surface area contributed by atoms with Crippen molar-refractivity contribution >= 4 is 23.3 Å². The van der Waals surface area contributed by atoms with E-state index in [9.17, 15) is 9.59 Å². The Morgan fingerprint density at radius 1 is 0.857 bits per heavy atom. The number of amides is 3. The molecule has 6 nitrogen and oxygen atoms in total. The van der Waals surface area contributed by atoms with Crippen LogP contribution < -0.4 is 16.0 Å². The molecule has 1 aromatic heterocycles. The van der Waals surface area contributed by atoms with E-state index in [2.05, 4.69) is 20.9 Å². The number of hydrogen-bond donors (Lipinski definition) is 3. The highest BCUT2D eigenvalue weighted by Gasteiger charge is 2.07. The van der Waals surface area contributed by atoms with Gasteiger partial charge in [-0.15, -0.1) is 11.3 Å². The van der Waals surface area contributed by atoms with Gasteiger partial charge in [0.2, 0.25) is 5.91 Å². The first-order chi connectivity index (χ1) is 13.7. The van der Waals surface area contributed by atoms with Gasteiger partial charge in [0, 0.05) is 30.5 Å². The van der Waals surface area contributed by atoms with Crippen molar-refractivity contribution in [1.82, 2.24) is 20.9 Å². The lowest BCUT2D eigenvalue weighted by Crippen LogP contribution is -2.37. The smallest absolute Gasteiger partial charge is 0.315 e. The van der Waals surface area contributed by atoms with Crippen molar-refractivity contribution < 1.29 is 9.59 Å². The summed E-state index contributed by atoms with van der Waals surface area (Å²) in [5.74, 6) is -0.127. The quantitative estimate of drug-likeness (QED) is 0.548. The summed E-state index contributed by atoms with van der Waals surface area (Å²) in [5.41, 5.74) is 2.91. The molecule has 0 radical (unpaired) electrons. The number of thiazole rings is 1. The molecular formula is C21H22N4O2S. The van der Waals surface area contributed by atoms with Crippen molar-refractivity contribution in [3.63, 3.8) is 0 Å². The molecule has 0 saturated heterocycles. The van der Waals surface area contributed by atoms with Crippen LogP contribution in [-0.2, 0) is 17.9 Å². The molecule has 0 spiro atoms. The van der Waals surface area contributed by atoms with Crippen LogP contribution in [0.5, 0.6) is 0 Å². The van der Waals surface area contributed by atoms with E-state index >= 15 is 0 Å². The van der Waals surface area contributed by atoms with Crippen molar-refractivity contribution in [2.24, 2.45) is 0 Å². The summed E-state index contributed by atoms with van der Waals surface area (Å²) < 4.78 is 0. The third kappa shape index (κ3) is 6.21. The number of nitrogens with one attached hydrogen (secondary N) is 3. The SMILES string of the molecule is O=C(CCNC(=O)NCc1ccccc1)NCc1csc(-c2ccccc2)n1. The molecule has 0 bridgehead atoms. The molecular weight excluding hydrogens is 372 g/mol. The summed E-state index contributed by atoms with van der Waals surface area (Å²) in [6.07, 6.45) is 0.217. The Balaban J connectivity index is 1.32. The number of hydrogen-bond acceptors (Lipinski definition) is 4. The predicted molar refractivity (Wildman–Crippen MR) is 111 cm³/mol. The molecule has 1 heterocycles. The summed E-state index contributed by atoms with van der Waals surface area (Å²) >= 11 is 1.55. The van der Waals surface area contributed by atoms with Gasteiger partial charge in [0.25, 0.3) is 0 Å². The second-order valence-electron chi connectivity index (χ2n) is 6.13. The standard InChI is InChI=1S/C21H22N4O2S/c26-19(11-12-22-21(27)24-13-16-7-3-1-4-8-16)23-14-18-15-28-20(25-18)17-9-5-2-6-10-17/h1-10,15H,11-14H2,(H,23,26)(H2,22,24,27). The number of rotatable bonds is 8. The highest BCUT2D eigenvalue weighted by molar-refractivity contribution is 7.13. The zero-order valence-corrected chi connectivity index (χ0v) is 16.2. The third-order valence-corrected chi connectivity index (χ3v) is 4.91. The molecule has 3 amide bonds. The molecule has 0 atom stereocenters. The maximum absolute atomic E-state index is 11.9. The first-order valence-corrected chi connectivity index (χ1v) is 9.91. The van der Waals surface area contributed by atoms with Gasteiger partial charge in [-0.25, -0.2) is 9.78 Å². The van der Waals surface area contributed by atoms with E-state index in [1.165, 1.54) is 0 Å². The normalized spacial score (nSPS) is 10.3. The van der Waals surface area contributed by atoms with Crippen molar-refractivity contribution in [2.75, 3.05) is 6.54 Å². The summed E-state index contributed by atoms with van der Waals surface area (Å²) in [6, 6.07) is 19.3. The number of nitrogens with zero attached hydrogens (tertiary/aromatic N) is 1. The number of aromatic nitrogens is 1. The minimum atomic E-state index is -0.288. The molecule has 0 fully saturated rings. The molecule has 0 aliphatic carbocycles. The van der Waals surface area contributed by atoms with Crippen LogP contribution in [-0.4, -0.2) is 23.5 Å². The number of carbonyl (C=O) groups is 2. The highest BCUT2D eigenvalue weighted by atomic mass is 32.1. The van der Waals surface area contributed by atoms with Crippen LogP contribution in [0.25, 0.3) is 10.6 Å². The van der Waals surface area contributed by atoms with Crippen molar-refractivity contribution in [2.45, 2.75) is 19.5 Å². The predicted octanol–water partition coefficient (Wildman–Crippen LogP) is 3.32. The van der Waals surface area contributed by atoms with Gasteiger partial charge in [0.1, 0.15) is 5.01 Å². The maximum atomic E-state index is 11.9. The van der Waals surface area contributed by atoms with Gasteiger partial charge >= 0.3 is 6.03 Å². The van der Waals surface area contributed by atoms with Crippen LogP contribution in [0.1, 0.15) is 17.7 Å². The van der Waals surface area contributed by atoms with E-state index in [1.54, 1.807) is 11.3 Å². The van der Waals surface area contributed by atoms with Gasteiger partial charge in [-0.05, 0) is 5.56 Å². The molecule has 0 saturated carbocycles. The van der Waals surface area contributed by atoms with E-state index in [0.717, 1.165) is 21.8 Å². The monoisotopic (exact) mass is 394 g/mol. The van der Waals surface area contributed by atoms with Crippen LogP contribution >= 0.6 is 11.3 Å². The summed E-state index contributed by atoms with van der Waals surface area (Å²) in [7, 11) is 0. The number of carbonyl (C=O) groups excluding carboxylic acids is 2. The van der Waals surface area contributed by atoms with E-state index in [1.807, 2.05) is 66.0 Å². The molecule has 0 unspecified atom stereocenters. The summed E-state index contributed by atoms with van der Waals surface area (Å²) in [5, 5.41) is 11.1. The Morgan fingerprint density at radius 3 is 2.32 bits per heavy atom. The van der Waals surface area contributed by atoms with Gasteiger partial charge in [0.15, 0.2) is 0 Å².